The van der Waals surface area contributed by atoms with E-state index in [1.165, 1.54) is 50.1 Å². The molecule has 0 radical (unpaired) electrons. The zero-order valence-corrected chi connectivity index (χ0v) is 17.7. The van der Waals surface area contributed by atoms with Gasteiger partial charge >= 0.3 is 6.18 Å². The van der Waals surface area contributed by atoms with Crippen LogP contribution in [0.25, 0.3) is 0 Å². The lowest BCUT2D eigenvalue weighted by molar-refractivity contribution is -0.141. The second-order valence-electron chi connectivity index (χ2n) is 9.53. The largest absolute Gasteiger partial charge is 0.436 e. The number of rotatable bonds is 6. The smallest absolute Gasteiger partial charge is 0.353 e. The molecule has 0 aromatic carbocycles. The molecule has 4 bridgehead atoms. The number of nitrogens with zero attached hydrogens (tertiary/aromatic N) is 2. The first-order valence-electron chi connectivity index (χ1n) is 10.7. The summed E-state index contributed by atoms with van der Waals surface area (Å²) < 4.78 is 40.1. The average Bonchev–Trinajstić information content (AvgIpc) is 2.91. The number of alkyl halides is 3. The van der Waals surface area contributed by atoms with Crippen LogP contribution in [0, 0.1) is 30.1 Å². The Hall–Kier alpha value is -1.24. The standard InChI is InChI=1S/C21H29ClF3N3O/c1-3-16(20-9-13-6-14(10-20)8-15(7-13)11-20)26-17(29)4-5-28-12(2)18(22)19(27-28)21(23,24)25/h13-16H,3-11H2,1-2H3,(H,26,29). The Morgan fingerprint density at radius 2 is 1.79 bits per heavy atom. The van der Waals surface area contributed by atoms with Gasteiger partial charge in [-0.2, -0.15) is 18.3 Å². The number of nitrogens with one attached hydrogen (secondary N) is 1. The molecule has 4 aliphatic rings. The molecule has 1 amide bonds. The Balaban J connectivity index is 1.40. The van der Waals surface area contributed by atoms with Crippen molar-refractivity contribution in [3.8, 4) is 0 Å². The van der Waals surface area contributed by atoms with Gasteiger partial charge in [0.05, 0.1) is 17.3 Å². The fraction of sp³-hybridized carbons (Fsp3) is 0.810. The van der Waals surface area contributed by atoms with E-state index >= 15 is 0 Å². The lowest BCUT2D eigenvalue weighted by atomic mass is 9.47. The highest BCUT2D eigenvalue weighted by Crippen LogP contribution is 2.61. The third-order valence-corrected chi connectivity index (χ3v) is 7.97. The molecule has 8 heteroatoms. The van der Waals surface area contributed by atoms with Crippen molar-refractivity contribution in [2.45, 2.75) is 84.0 Å². The van der Waals surface area contributed by atoms with Crippen LogP contribution in [-0.4, -0.2) is 21.7 Å². The van der Waals surface area contributed by atoms with Crippen molar-refractivity contribution < 1.29 is 18.0 Å². The van der Waals surface area contributed by atoms with Crippen LogP contribution in [0.5, 0.6) is 0 Å². The van der Waals surface area contributed by atoms with Crippen molar-refractivity contribution in [1.29, 1.82) is 0 Å². The molecule has 0 spiro atoms. The summed E-state index contributed by atoms with van der Waals surface area (Å²) in [5.41, 5.74) is -0.634. The van der Waals surface area contributed by atoms with Gasteiger partial charge in [-0.25, -0.2) is 0 Å². The van der Waals surface area contributed by atoms with Gasteiger partial charge in [-0.05, 0) is 75.0 Å². The van der Waals surface area contributed by atoms with Gasteiger partial charge in [0.2, 0.25) is 5.91 Å². The first-order valence-corrected chi connectivity index (χ1v) is 11.1. The van der Waals surface area contributed by atoms with E-state index in [1.54, 1.807) is 0 Å². The van der Waals surface area contributed by atoms with Crippen molar-refractivity contribution >= 4 is 17.5 Å². The molecule has 162 valence electrons. The van der Waals surface area contributed by atoms with E-state index < -0.39 is 16.9 Å². The SMILES string of the molecule is CCC(NC(=O)CCn1nc(C(F)(F)F)c(Cl)c1C)C12CC3CC(CC(C3)C1)C2. The predicted octanol–water partition coefficient (Wildman–Crippen LogP) is 5.37. The zero-order chi connectivity index (χ0) is 21.0. The predicted molar refractivity (Wildman–Crippen MR) is 104 cm³/mol. The molecule has 4 aliphatic carbocycles. The van der Waals surface area contributed by atoms with Gasteiger partial charge in [-0.1, -0.05) is 18.5 Å². The molecule has 1 heterocycles. The second-order valence-corrected chi connectivity index (χ2v) is 9.91. The highest BCUT2D eigenvalue weighted by molar-refractivity contribution is 6.31. The van der Waals surface area contributed by atoms with Gasteiger partial charge in [0.15, 0.2) is 5.69 Å². The first kappa shape index (κ1) is 21.0. The van der Waals surface area contributed by atoms with E-state index in [-0.39, 0.29) is 36.0 Å². The van der Waals surface area contributed by atoms with E-state index in [2.05, 4.69) is 17.3 Å². The number of hydrogen-bond acceptors (Lipinski definition) is 2. The number of amides is 1. The highest BCUT2D eigenvalue weighted by atomic mass is 35.5. The molecule has 1 unspecified atom stereocenters. The van der Waals surface area contributed by atoms with Crippen LogP contribution in [-0.2, 0) is 17.5 Å². The lowest BCUT2D eigenvalue weighted by Crippen LogP contribution is -2.56. The molecular weight excluding hydrogens is 403 g/mol. The fourth-order valence-electron chi connectivity index (χ4n) is 6.69. The van der Waals surface area contributed by atoms with E-state index in [9.17, 15) is 18.0 Å². The van der Waals surface area contributed by atoms with Crippen molar-refractivity contribution in [3.05, 3.63) is 16.4 Å². The normalized spacial score (nSPS) is 31.9. The molecule has 5 rings (SSSR count). The minimum Gasteiger partial charge on any atom is -0.353 e. The highest BCUT2D eigenvalue weighted by Gasteiger charge is 2.54. The molecule has 4 fully saturated rings. The fourth-order valence-corrected chi connectivity index (χ4v) is 6.93. The Bertz CT molecular complexity index is 754. The monoisotopic (exact) mass is 431 g/mol. The van der Waals surface area contributed by atoms with Crippen LogP contribution in [0.2, 0.25) is 5.02 Å². The third-order valence-electron chi connectivity index (χ3n) is 7.52. The number of aryl methyl sites for hydroxylation is 1. The summed E-state index contributed by atoms with van der Waals surface area (Å²) in [7, 11) is 0. The molecule has 4 saturated carbocycles. The summed E-state index contributed by atoms with van der Waals surface area (Å²) in [5.74, 6) is 2.30. The Labute approximate surface area is 174 Å². The van der Waals surface area contributed by atoms with Crippen molar-refractivity contribution in [3.63, 3.8) is 0 Å². The van der Waals surface area contributed by atoms with Crippen molar-refractivity contribution in [1.82, 2.24) is 15.1 Å². The van der Waals surface area contributed by atoms with E-state index in [0.29, 0.717) is 0 Å². The maximum Gasteiger partial charge on any atom is 0.436 e. The van der Waals surface area contributed by atoms with Gasteiger partial charge in [0, 0.05) is 12.5 Å². The summed E-state index contributed by atoms with van der Waals surface area (Å²) in [6.07, 6.45) is 4.07. The summed E-state index contributed by atoms with van der Waals surface area (Å²) in [5, 5.41) is 6.43. The topological polar surface area (TPSA) is 46.9 Å². The average molecular weight is 432 g/mol. The molecule has 1 atom stereocenters. The second kappa shape index (κ2) is 7.47. The number of halogens is 4. The molecule has 1 aromatic heterocycles. The van der Waals surface area contributed by atoms with Crippen LogP contribution < -0.4 is 5.32 Å². The number of carbonyl (C=O) groups is 1. The van der Waals surface area contributed by atoms with E-state index in [1.807, 2.05) is 0 Å². The number of hydrogen-bond donors (Lipinski definition) is 1. The third kappa shape index (κ3) is 3.91. The van der Waals surface area contributed by atoms with Gasteiger partial charge < -0.3 is 5.32 Å². The van der Waals surface area contributed by atoms with E-state index in [4.69, 9.17) is 11.6 Å². The molecule has 1 aromatic rings. The molecule has 0 saturated heterocycles. The molecule has 4 nitrogen and oxygen atoms in total. The summed E-state index contributed by atoms with van der Waals surface area (Å²) in [4.78, 5) is 12.7. The maximum atomic E-state index is 13.0. The van der Waals surface area contributed by atoms with Gasteiger partial charge in [-0.15, -0.1) is 0 Å². The van der Waals surface area contributed by atoms with Crippen LogP contribution in [0.4, 0.5) is 13.2 Å². The van der Waals surface area contributed by atoms with Crippen molar-refractivity contribution in [2.24, 2.45) is 23.2 Å². The van der Waals surface area contributed by atoms with Crippen LogP contribution in [0.1, 0.15) is 69.7 Å². The molecule has 29 heavy (non-hydrogen) atoms. The molecular formula is C21H29ClF3N3O. The zero-order valence-electron chi connectivity index (χ0n) is 17.0. The Morgan fingerprint density at radius 3 is 2.24 bits per heavy atom. The minimum absolute atomic E-state index is 0.0881. The van der Waals surface area contributed by atoms with Gasteiger partial charge in [0.25, 0.3) is 0 Å². The summed E-state index contributed by atoms with van der Waals surface area (Å²) >= 11 is 5.79. The Kier molecular flexibility index (Phi) is 5.41. The Morgan fingerprint density at radius 1 is 1.24 bits per heavy atom. The minimum atomic E-state index is -4.60. The summed E-state index contributed by atoms with van der Waals surface area (Å²) in [6, 6.07) is 0.149. The molecule has 1 N–H and O–H groups in total. The van der Waals surface area contributed by atoms with Crippen LogP contribution >= 0.6 is 11.6 Å². The molecule has 0 aliphatic heterocycles. The van der Waals surface area contributed by atoms with Gasteiger partial charge in [-0.3, -0.25) is 9.48 Å². The first-order chi connectivity index (χ1) is 13.6. The quantitative estimate of drug-likeness (QED) is 0.658. The lowest BCUT2D eigenvalue weighted by Gasteiger charge is -2.59. The van der Waals surface area contributed by atoms with Gasteiger partial charge in [0.1, 0.15) is 0 Å². The van der Waals surface area contributed by atoms with Crippen molar-refractivity contribution in [2.75, 3.05) is 0 Å². The maximum absolute atomic E-state index is 13.0. The van der Waals surface area contributed by atoms with Crippen LogP contribution in [0.3, 0.4) is 0 Å². The van der Waals surface area contributed by atoms with E-state index in [0.717, 1.165) is 24.2 Å². The number of aromatic nitrogens is 2. The number of carbonyl (C=O) groups excluding carboxylic acids is 1. The summed E-state index contributed by atoms with van der Waals surface area (Å²) in [6.45, 7) is 3.70. The van der Waals surface area contributed by atoms with Crippen LogP contribution in [0.15, 0.2) is 0 Å².